The lowest BCUT2D eigenvalue weighted by Crippen LogP contribution is -2.33. The summed E-state index contributed by atoms with van der Waals surface area (Å²) in [5.41, 5.74) is 1.13. The Hall–Kier alpha value is -1.88. The summed E-state index contributed by atoms with van der Waals surface area (Å²) in [5, 5.41) is 7.79. The first-order valence-electron chi connectivity index (χ1n) is 8.57. The number of hydrogen-bond donors (Lipinski definition) is 1. The van der Waals surface area contributed by atoms with E-state index in [2.05, 4.69) is 15.5 Å². The van der Waals surface area contributed by atoms with Crippen LogP contribution in [0.3, 0.4) is 0 Å². The van der Waals surface area contributed by atoms with Crippen LogP contribution in [0, 0.1) is 0 Å². The van der Waals surface area contributed by atoms with Gasteiger partial charge < -0.3 is 9.84 Å². The minimum atomic E-state index is -0.0206. The van der Waals surface area contributed by atoms with Crippen LogP contribution in [0.15, 0.2) is 28.8 Å². The van der Waals surface area contributed by atoms with Crippen molar-refractivity contribution in [2.45, 2.75) is 56.4 Å². The molecule has 0 radical (unpaired) electrons. The summed E-state index contributed by atoms with van der Waals surface area (Å²) >= 11 is 6.25. The second-order valence-electron chi connectivity index (χ2n) is 6.74. The van der Waals surface area contributed by atoms with Crippen LogP contribution in [-0.2, 0) is 11.2 Å². The zero-order chi connectivity index (χ0) is 16.5. The first-order chi connectivity index (χ1) is 11.7. The van der Waals surface area contributed by atoms with E-state index in [4.69, 9.17) is 16.1 Å². The molecule has 1 heterocycles. The summed E-state index contributed by atoms with van der Waals surface area (Å²) in [6.07, 6.45) is 5.68. The largest absolute Gasteiger partial charge is 0.353 e. The maximum atomic E-state index is 12.0. The van der Waals surface area contributed by atoms with Crippen molar-refractivity contribution in [2.75, 3.05) is 0 Å². The zero-order valence-corrected chi connectivity index (χ0v) is 14.1. The van der Waals surface area contributed by atoms with E-state index in [1.807, 2.05) is 24.3 Å². The lowest BCUT2D eigenvalue weighted by molar-refractivity contribution is -0.121. The van der Waals surface area contributed by atoms with E-state index in [0.29, 0.717) is 23.7 Å². The van der Waals surface area contributed by atoms with Crippen molar-refractivity contribution < 1.29 is 9.32 Å². The number of amides is 1. The molecule has 1 aromatic carbocycles. The van der Waals surface area contributed by atoms with Crippen molar-refractivity contribution in [1.29, 1.82) is 0 Å². The molecular formula is C18H20ClN3O2. The summed E-state index contributed by atoms with van der Waals surface area (Å²) in [5.74, 6) is 1.60. The molecule has 1 N–H and O–H groups in total. The van der Waals surface area contributed by atoms with Crippen LogP contribution < -0.4 is 5.32 Å². The average Bonchev–Trinajstić information content (AvgIpc) is 2.94. The fourth-order valence-corrected chi connectivity index (χ4v) is 3.85. The summed E-state index contributed by atoms with van der Waals surface area (Å²) in [6.45, 7) is 0. The van der Waals surface area contributed by atoms with E-state index in [0.717, 1.165) is 29.8 Å². The molecular weight excluding hydrogens is 326 g/mol. The van der Waals surface area contributed by atoms with Gasteiger partial charge in [-0.2, -0.15) is 4.98 Å². The highest BCUT2D eigenvalue weighted by Gasteiger charge is 2.44. The van der Waals surface area contributed by atoms with Crippen LogP contribution in [0.2, 0.25) is 5.02 Å². The highest BCUT2D eigenvalue weighted by molar-refractivity contribution is 6.31. The molecule has 2 aliphatic rings. The summed E-state index contributed by atoms with van der Waals surface area (Å²) < 4.78 is 5.37. The Bertz CT molecular complexity index is 739. The number of hydrogen-bond acceptors (Lipinski definition) is 4. The Morgan fingerprint density at radius 2 is 2.04 bits per heavy atom. The minimum absolute atomic E-state index is 0.0206. The van der Waals surface area contributed by atoms with Crippen LogP contribution in [0.5, 0.6) is 0 Å². The predicted octanol–water partition coefficient (Wildman–Crippen LogP) is 3.60. The molecule has 0 spiro atoms. The van der Waals surface area contributed by atoms with E-state index in [9.17, 15) is 4.79 Å². The first-order valence-corrected chi connectivity index (χ1v) is 8.95. The molecule has 0 aliphatic heterocycles. The van der Waals surface area contributed by atoms with Gasteiger partial charge in [-0.25, -0.2) is 0 Å². The van der Waals surface area contributed by atoms with Gasteiger partial charge in [0.25, 0.3) is 0 Å². The van der Waals surface area contributed by atoms with Gasteiger partial charge in [0.1, 0.15) is 0 Å². The van der Waals surface area contributed by atoms with Crippen molar-refractivity contribution in [3.8, 4) is 0 Å². The number of carbonyl (C=O) groups excluding carboxylic acids is 1. The van der Waals surface area contributed by atoms with Crippen molar-refractivity contribution in [3.63, 3.8) is 0 Å². The van der Waals surface area contributed by atoms with E-state index in [1.54, 1.807) is 0 Å². The lowest BCUT2D eigenvalue weighted by atomic mass is 10.1. The molecule has 24 heavy (non-hydrogen) atoms. The Labute approximate surface area is 145 Å². The summed E-state index contributed by atoms with van der Waals surface area (Å²) in [4.78, 5) is 16.5. The van der Waals surface area contributed by atoms with Crippen LogP contribution in [0.4, 0.5) is 0 Å². The minimum Gasteiger partial charge on any atom is -0.353 e. The second-order valence-corrected chi connectivity index (χ2v) is 7.15. The first kappa shape index (κ1) is 15.6. The molecule has 0 bridgehead atoms. The normalized spacial score (nSPS) is 23.4. The molecule has 6 heteroatoms. The summed E-state index contributed by atoms with van der Waals surface area (Å²) in [7, 11) is 0. The fraction of sp³-hybridized carbons (Fsp3) is 0.500. The average molecular weight is 346 g/mol. The van der Waals surface area contributed by atoms with Crippen molar-refractivity contribution in [3.05, 3.63) is 46.6 Å². The molecule has 126 valence electrons. The monoisotopic (exact) mass is 345 g/mol. The van der Waals surface area contributed by atoms with Gasteiger partial charge in [0, 0.05) is 17.0 Å². The number of nitrogens with one attached hydrogen (secondary N) is 1. The third-order valence-corrected chi connectivity index (χ3v) is 5.28. The van der Waals surface area contributed by atoms with Crippen molar-refractivity contribution in [2.24, 2.45) is 0 Å². The molecule has 2 fully saturated rings. The summed E-state index contributed by atoms with van der Waals surface area (Å²) in [6, 6.07) is 8.18. The van der Waals surface area contributed by atoms with Gasteiger partial charge in [0.15, 0.2) is 5.82 Å². The van der Waals surface area contributed by atoms with Gasteiger partial charge >= 0.3 is 0 Å². The number of rotatable bonds is 5. The molecule has 0 saturated heterocycles. The number of nitrogens with zero attached hydrogens (tertiary/aromatic N) is 2. The molecule has 2 saturated carbocycles. The highest BCUT2D eigenvalue weighted by atomic mass is 35.5. The lowest BCUT2D eigenvalue weighted by Gasteiger charge is -2.10. The Kier molecular flexibility index (Phi) is 4.27. The van der Waals surface area contributed by atoms with E-state index < -0.39 is 0 Å². The Morgan fingerprint density at radius 3 is 2.83 bits per heavy atom. The van der Waals surface area contributed by atoms with Gasteiger partial charge in [-0.05, 0) is 36.8 Å². The predicted molar refractivity (Wildman–Crippen MR) is 90.0 cm³/mol. The molecule has 2 aromatic rings. The third kappa shape index (κ3) is 3.31. The quantitative estimate of drug-likeness (QED) is 0.899. The maximum Gasteiger partial charge on any atom is 0.230 e. The highest BCUT2D eigenvalue weighted by Crippen LogP contribution is 2.55. The molecule has 4 rings (SSSR count). The fourth-order valence-electron chi connectivity index (χ4n) is 3.57. The van der Waals surface area contributed by atoms with Crippen molar-refractivity contribution in [1.82, 2.24) is 15.5 Å². The second kappa shape index (κ2) is 6.55. The number of carbonyl (C=O) groups is 1. The zero-order valence-electron chi connectivity index (χ0n) is 13.4. The van der Waals surface area contributed by atoms with Crippen molar-refractivity contribution >= 4 is 17.5 Å². The molecule has 5 nitrogen and oxygen atoms in total. The van der Waals surface area contributed by atoms with Crippen LogP contribution >= 0.6 is 11.6 Å². The van der Waals surface area contributed by atoms with Crippen LogP contribution in [0.1, 0.15) is 61.2 Å². The molecule has 1 amide bonds. The Balaban J connectivity index is 1.36. The molecule has 0 unspecified atom stereocenters. The topological polar surface area (TPSA) is 68.0 Å². The van der Waals surface area contributed by atoms with E-state index in [-0.39, 0.29) is 18.2 Å². The maximum absolute atomic E-state index is 12.0. The van der Waals surface area contributed by atoms with Gasteiger partial charge in [0.2, 0.25) is 11.8 Å². The van der Waals surface area contributed by atoms with Gasteiger partial charge in [0.05, 0.1) is 6.42 Å². The standard InChI is InChI=1S/C18H20ClN3O2/c19-15-8-4-3-7-12(15)13-9-14(13)18-21-16(22-24-18)10-17(23)20-11-5-1-2-6-11/h3-4,7-8,11,13-14H,1-2,5-6,9-10H2,(H,20,23)/t13-,14-/m1/s1. The van der Waals surface area contributed by atoms with Gasteiger partial charge in [-0.1, -0.05) is 47.8 Å². The van der Waals surface area contributed by atoms with Gasteiger partial charge in [-0.15, -0.1) is 0 Å². The number of aromatic nitrogens is 2. The van der Waals surface area contributed by atoms with Crippen LogP contribution in [0.25, 0.3) is 0 Å². The number of benzene rings is 1. The molecule has 1 aromatic heterocycles. The molecule has 2 aliphatic carbocycles. The Morgan fingerprint density at radius 1 is 1.25 bits per heavy atom. The van der Waals surface area contributed by atoms with E-state index >= 15 is 0 Å². The SMILES string of the molecule is O=C(Cc1noc([C@@H]2C[C@@H]2c2ccccc2Cl)n1)NC1CCCC1. The van der Waals surface area contributed by atoms with E-state index in [1.165, 1.54) is 12.8 Å². The number of halogens is 1. The molecule has 2 atom stereocenters. The van der Waals surface area contributed by atoms with Gasteiger partial charge in [-0.3, -0.25) is 4.79 Å². The smallest absolute Gasteiger partial charge is 0.230 e. The third-order valence-electron chi connectivity index (χ3n) is 4.94. The van der Waals surface area contributed by atoms with Crippen LogP contribution in [-0.4, -0.2) is 22.1 Å².